The van der Waals surface area contributed by atoms with E-state index in [0.717, 1.165) is 17.9 Å². The van der Waals surface area contributed by atoms with Crippen LogP contribution in [0.1, 0.15) is 43.1 Å². The summed E-state index contributed by atoms with van der Waals surface area (Å²) in [5, 5.41) is 0. The van der Waals surface area contributed by atoms with E-state index in [1.165, 1.54) is 12.0 Å². The molecule has 0 saturated carbocycles. The zero-order valence-electron chi connectivity index (χ0n) is 9.21. The fraction of sp³-hybridized carbons (Fsp3) is 0.462. The minimum Gasteiger partial charge on any atom is -0.295 e. The molecule has 1 rings (SSSR count). The highest BCUT2D eigenvalue weighted by Gasteiger charge is 2.02. The maximum absolute atomic E-state index is 11.0. The summed E-state index contributed by atoms with van der Waals surface area (Å²) in [7, 11) is 0. The van der Waals surface area contributed by atoms with Crippen molar-refractivity contribution in [3.63, 3.8) is 0 Å². The largest absolute Gasteiger partial charge is 0.295 e. The standard InChI is InChI=1S/C13H18O/c1-4-10(2)9-12-5-7-13(8-6-12)11(3)14/h5-8,10H,4,9H2,1-3H3/t10-/m0/s1. The van der Waals surface area contributed by atoms with Crippen LogP contribution in [-0.4, -0.2) is 5.78 Å². The van der Waals surface area contributed by atoms with E-state index in [0.29, 0.717) is 0 Å². The molecule has 0 heterocycles. The molecular formula is C13H18O. The van der Waals surface area contributed by atoms with Crippen molar-refractivity contribution in [3.05, 3.63) is 35.4 Å². The Hall–Kier alpha value is -1.11. The lowest BCUT2D eigenvalue weighted by Gasteiger charge is -2.08. The molecule has 0 bridgehead atoms. The third-order valence-electron chi connectivity index (χ3n) is 2.64. The summed E-state index contributed by atoms with van der Waals surface area (Å²) < 4.78 is 0. The van der Waals surface area contributed by atoms with Crippen molar-refractivity contribution < 1.29 is 4.79 Å². The van der Waals surface area contributed by atoms with Crippen LogP contribution in [-0.2, 0) is 6.42 Å². The molecule has 14 heavy (non-hydrogen) atoms. The van der Waals surface area contributed by atoms with Crippen LogP contribution in [0.4, 0.5) is 0 Å². The highest BCUT2D eigenvalue weighted by atomic mass is 16.1. The molecule has 0 unspecified atom stereocenters. The number of carbonyl (C=O) groups is 1. The van der Waals surface area contributed by atoms with Crippen molar-refractivity contribution in [2.24, 2.45) is 5.92 Å². The Balaban J connectivity index is 2.68. The lowest BCUT2D eigenvalue weighted by molar-refractivity contribution is 0.101. The van der Waals surface area contributed by atoms with Crippen LogP contribution in [0.3, 0.4) is 0 Å². The first-order chi connectivity index (χ1) is 6.63. The average Bonchev–Trinajstić information content (AvgIpc) is 2.18. The maximum Gasteiger partial charge on any atom is 0.159 e. The molecule has 0 aromatic heterocycles. The Morgan fingerprint density at radius 2 is 1.86 bits per heavy atom. The van der Waals surface area contributed by atoms with Gasteiger partial charge in [0.05, 0.1) is 0 Å². The van der Waals surface area contributed by atoms with E-state index in [9.17, 15) is 4.79 Å². The number of benzene rings is 1. The Morgan fingerprint density at radius 1 is 1.29 bits per heavy atom. The molecule has 0 aliphatic rings. The fourth-order valence-electron chi connectivity index (χ4n) is 1.42. The van der Waals surface area contributed by atoms with Gasteiger partial charge < -0.3 is 0 Å². The van der Waals surface area contributed by atoms with Gasteiger partial charge in [-0.3, -0.25) is 4.79 Å². The zero-order valence-corrected chi connectivity index (χ0v) is 9.21. The summed E-state index contributed by atoms with van der Waals surface area (Å²) in [6, 6.07) is 7.95. The number of ketones is 1. The third kappa shape index (κ3) is 2.99. The van der Waals surface area contributed by atoms with E-state index in [-0.39, 0.29) is 5.78 Å². The second kappa shape index (κ2) is 4.94. The third-order valence-corrected chi connectivity index (χ3v) is 2.64. The molecule has 76 valence electrons. The number of hydrogen-bond acceptors (Lipinski definition) is 1. The summed E-state index contributed by atoms with van der Waals surface area (Å²) in [6.45, 7) is 6.05. The molecule has 1 heteroatoms. The summed E-state index contributed by atoms with van der Waals surface area (Å²) in [6.07, 6.45) is 2.31. The number of Topliss-reactive ketones (excluding diaryl/α,β-unsaturated/α-hetero) is 1. The highest BCUT2D eigenvalue weighted by molar-refractivity contribution is 5.93. The van der Waals surface area contributed by atoms with E-state index in [2.05, 4.69) is 26.0 Å². The van der Waals surface area contributed by atoms with Crippen LogP contribution >= 0.6 is 0 Å². The number of hydrogen-bond donors (Lipinski definition) is 0. The molecule has 0 amide bonds. The van der Waals surface area contributed by atoms with Crippen LogP contribution in [0.5, 0.6) is 0 Å². The predicted molar refractivity (Wildman–Crippen MR) is 59.6 cm³/mol. The highest BCUT2D eigenvalue weighted by Crippen LogP contribution is 2.12. The van der Waals surface area contributed by atoms with Gasteiger partial charge in [-0.25, -0.2) is 0 Å². The molecule has 0 aliphatic heterocycles. The van der Waals surface area contributed by atoms with Crippen molar-refractivity contribution in [1.82, 2.24) is 0 Å². The first kappa shape index (κ1) is 11.0. The zero-order chi connectivity index (χ0) is 10.6. The quantitative estimate of drug-likeness (QED) is 0.664. The molecule has 0 spiro atoms. The molecular weight excluding hydrogens is 172 g/mol. The second-order valence-electron chi connectivity index (χ2n) is 3.97. The van der Waals surface area contributed by atoms with E-state index >= 15 is 0 Å². The Morgan fingerprint density at radius 3 is 2.29 bits per heavy atom. The van der Waals surface area contributed by atoms with Gasteiger partial charge in [0.25, 0.3) is 0 Å². The van der Waals surface area contributed by atoms with Crippen LogP contribution in [0.15, 0.2) is 24.3 Å². The Labute approximate surface area is 86.1 Å². The SMILES string of the molecule is CC[C@H](C)Cc1ccc(C(C)=O)cc1. The minimum absolute atomic E-state index is 0.139. The Bertz CT molecular complexity index is 298. The summed E-state index contributed by atoms with van der Waals surface area (Å²) >= 11 is 0. The number of carbonyl (C=O) groups excluding carboxylic acids is 1. The van der Waals surface area contributed by atoms with Gasteiger partial charge in [-0.2, -0.15) is 0 Å². The predicted octanol–water partition coefficient (Wildman–Crippen LogP) is 3.48. The van der Waals surface area contributed by atoms with Crippen LogP contribution in [0.2, 0.25) is 0 Å². The van der Waals surface area contributed by atoms with E-state index in [1.807, 2.05) is 12.1 Å². The molecule has 0 saturated heterocycles. The van der Waals surface area contributed by atoms with Gasteiger partial charge in [0.15, 0.2) is 5.78 Å². The fourth-order valence-corrected chi connectivity index (χ4v) is 1.42. The van der Waals surface area contributed by atoms with Gasteiger partial charge in [-0.1, -0.05) is 44.5 Å². The van der Waals surface area contributed by atoms with Gasteiger partial charge in [0.1, 0.15) is 0 Å². The minimum atomic E-state index is 0.139. The topological polar surface area (TPSA) is 17.1 Å². The van der Waals surface area contributed by atoms with E-state index < -0.39 is 0 Å². The molecule has 0 fully saturated rings. The molecule has 0 aliphatic carbocycles. The lowest BCUT2D eigenvalue weighted by Crippen LogP contribution is -1.98. The van der Waals surface area contributed by atoms with Crippen molar-refractivity contribution in [2.45, 2.75) is 33.6 Å². The average molecular weight is 190 g/mol. The maximum atomic E-state index is 11.0. The lowest BCUT2D eigenvalue weighted by atomic mass is 9.98. The van der Waals surface area contributed by atoms with Crippen LogP contribution < -0.4 is 0 Å². The van der Waals surface area contributed by atoms with E-state index in [4.69, 9.17) is 0 Å². The van der Waals surface area contributed by atoms with Gasteiger partial charge >= 0.3 is 0 Å². The van der Waals surface area contributed by atoms with E-state index in [1.54, 1.807) is 6.92 Å². The van der Waals surface area contributed by atoms with Gasteiger partial charge in [-0.15, -0.1) is 0 Å². The second-order valence-corrected chi connectivity index (χ2v) is 3.97. The van der Waals surface area contributed by atoms with Crippen molar-refractivity contribution in [1.29, 1.82) is 0 Å². The van der Waals surface area contributed by atoms with Crippen molar-refractivity contribution in [3.8, 4) is 0 Å². The first-order valence-electron chi connectivity index (χ1n) is 5.23. The monoisotopic (exact) mass is 190 g/mol. The molecule has 1 aromatic carbocycles. The number of rotatable bonds is 4. The van der Waals surface area contributed by atoms with Gasteiger partial charge in [-0.05, 0) is 24.8 Å². The molecule has 1 nitrogen and oxygen atoms in total. The molecule has 0 N–H and O–H groups in total. The van der Waals surface area contributed by atoms with Gasteiger partial charge in [0.2, 0.25) is 0 Å². The smallest absolute Gasteiger partial charge is 0.159 e. The molecule has 1 atom stereocenters. The summed E-state index contributed by atoms with van der Waals surface area (Å²) in [5.41, 5.74) is 2.13. The van der Waals surface area contributed by atoms with Crippen LogP contribution in [0.25, 0.3) is 0 Å². The summed E-state index contributed by atoms with van der Waals surface area (Å²) in [4.78, 5) is 11.0. The van der Waals surface area contributed by atoms with Crippen molar-refractivity contribution in [2.75, 3.05) is 0 Å². The Kier molecular flexibility index (Phi) is 3.87. The first-order valence-corrected chi connectivity index (χ1v) is 5.23. The van der Waals surface area contributed by atoms with Crippen molar-refractivity contribution >= 4 is 5.78 Å². The normalized spacial score (nSPS) is 12.5. The van der Waals surface area contributed by atoms with Gasteiger partial charge in [0, 0.05) is 5.56 Å². The van der Waals surface area contributed by atoms with Crippen LogP contribution in [0, 0.1) is 5.92 Å². The summed E-state index contributed by atoms with van der Waals surface area (Å²) in [5.74, 6) is 0.860. The molecule has 1 aromatic rings. The molecule has 0 radical (unpaired) electrons.